The minimum Gasteiger partial charge on any atom is -0.399 e. The standard InChI is InChI=1S/C36H37NO6/c1-34-14-13-26(39)17-24(34)11-12-27-28-18-31-36(30(41)20-38,35(28,2)19-29(40)32(27)34)43-33(42-31)23-7-3-5-21(15-23)9-10-22-6-4-8-25(37)16-22/h3-8,13-17,27-29,31-33,38,40H,11-12,18-20,37H2,1-2H3/t27-,28-,29-,31+,32+,33+,34-,35-,36+/m0/s1. The highest BCUT2D eigenvalue weighted by atomic mass is 16.7. The average Bonchev–Trinajstić information content (AvgIpc) is 3.49. The monoisotopic (exact) mass is 579 g/mol. The number of nitrogens with two attached hydrogens (primary N) is 1. The van der Waals surface area contributed by atoms with Gasteiger partial charge >= 0.3 is 0 Å². The molecule has 7 nitrogen and oxygen atoms in total. The molecule has 2 aromatic carbocycles. The van der Waals surface area contributed by atoms with E-state index in [0.29, 0.717) is 18.5 Å². The van der Waals surface area contributed by atoms with Gasteiger partial charge in [0.1, 0.15) is 6.61 Å². The van der Waals surface area contributed by atoms with Gasteiger partial charge in [-0.25, -0.2) is 0 Å². The lowest BCUT2D eigenvalue weighted by Gasteiger charge is -2.59. The van der Waals surface area contributed by atoms with Crippen LogP contribution in [0.3, 0.4) is 0 Å². The SMILES string of the molecule is C[C@]12C=CC(=O)C=C1CC[C@@H]1[C@@H]2[C@@H](O)C[C@@]2(C)[C@H]1C[C@H]1O[C@@H](c3cccc(C#Cc4cccc(N)c4)c3)O[C@]12C(=O)CO. The molecule has 1 heterocycles. The summed E-state index contributed by atoms with van der Waals surface area (Å²) < 4.78 is 13.3. The Labute approximate surface area is 251 Å². The average molecular weight is 580 g/mol. The number of aliphatic hydroxyl groups excluding tert-OH is 2. The molecule has 0 amide bonds. The maximum absolute atomic E-state index is 13.8. The maximum Gasteiger partial charge on any atom is 0.193 e. The third-order valence-electron chi connectivity index (χ3n) is 11.2. The lowest BCUT2D eigenvalue weighted by Crippen LogP contribution is -2.63. The van der Waals surface area contributed by atoms with Gasteiger partial charge in [-0.05, 0) is 80.0 Å². The summed E-state index contributed by atoms with van der Waals surface area (Å²) in [5.41, 5.74) is 7.38. The molecule has 9 atom stereocenters. The molecule has 2 aromatic rings. The van der Waals surface area contributed by atoms with Crippen LogP contribution in [0.2, 0.25) is 0 Å². The molecule has 1 saturated heterocycles. The number of hydrogen-bond acceptors (Lipinski definition) is 7. The first-order chi connectivity index (χ1) is 20.6. The van der Waals surface area contributed by atoms with Gasteiger partial charge in [0, 0.05) is 39.1 Å². The van der Waals surface area contributed by atoms with Crippen molar-refractivity contribution in [1.82, 2.24) is 0 Å². The van der Waals surface area contributed by atoms with Crippen LogP contribution in [-0.4, -0.2) is 46.2 Å². The van der Waals surface area contributed by atoms with E-state index in [1.807, 2.05) is 61.5 Å². The number of anilines is 1. The van der Waals surface area contributed by atoms with Crippen molar-refractivity contribution in [2.75, 3.05) is 12.3 Å². The van der Waals surface area contributed by atoms with Crippen molar-refractivity contribution in [3.63, 3.8) is 0 Å². The van der Waals surface area contributed by atoms with E-state index in [0.717, 1.165) is 35.1 Å². The van der Waals surface area contributed by atoms with E-state index in [1.165, 1.54) is 0 Å². The van der Waals surface area contributed by atoms with Gasteiger partial charge in [-0.2, -0.15) is 0 Å². The van der Waals surface area contributed by atoms with Crippen LogP contribution in [0.5, 0.6) is 0 Å². The van der Waals surface area contributed by atoms with Crippen LogP contribution in [0, 0.1) is 40.4 Å². The van der Waals surface area contributed by atoms with Crippen LogP contribution in [0.1, 0.15) is 62.5 Å². The number of aliphatic hydroxyl groups is 2. The third-order valence-corrected chi connectivity index (χ3v) is 11.2. The molecule has 7 rings (SSSR count). The Hall–Kier alpha value is -3.54. The Morgan fingerprint density at radius 1 is 1.12 bits per heavy atom. The van der Waals surface area contributed by atoms with Crippen molar-refractivity contribution in [2.45, 2.75) is 63.6 Å². The van der Waals surface area contributed by atoms with Crippen LogP contribution in [-0.2, 0) is 19.1 Å². The molecule has 222 valence electrons. The fourth-order valence-electron chi connectivity index (χ4n) is 9.36. The number of nitrogen functional groups attached to an aromatic ring is 1. The van der Waals surface area contributed by atoms with Crippen molar-refractivity contribution in [2.24, 2.45) is 28.6 Å². The molecule has 4 N–H and O–H groups in total. The lowest BCUT2D eigenvalue weighted by molar-refractivity contribution is -0.201. The summed E-state index contributed by atoms with van der Waals surface area (Å²) in [6.07, 6.45) is 5.77. The zero-order valence-electron chi connectivity index (χ0n) is 24.5. The molecule has 7 heteroatoms. The van der Waals surface area contributed by atoms with Gasteiger partial charge in [-0.3, -0.25) is 9.59 Å². The Bertz CT molecular complexity index is 1630. The Kier molecular flexibility index (Phi) is 6.57. The minimum atomic E-state index is -1.39. The molecular weight excluding hydrogens is 542 g/mol. The Balaban J connectivity index is 1.21. The largest absolute Gasteiger partial charge is 0.399 e. The summed E-state index contributed by atoms with van der Waals surface area (Å²) in [4.78, 5) is 25.9. The van der Waals surface area contributed by atoms with Crippen LogP contribution < -0.4 is 5.73 Å². The number of hydrogen-bond donors (Lipinski definition) is 3. The molecule has 1 aliphatic heterocycles. The summed E-state index contributed by atoms with van der Waals surface area (Å²) in [6.45, 7) is 3.50. The molecule has 4 fully saturated rings. The molecular formula is C36H37NO6. The van der Waals surface area contributed by atoms with E-state index in [-0.39, 0.29) is 23.5 Å². The summed E-state index contributed by atoms with van der Waals surface area (Å²) in [5, 5.41) is 22.1. The van der Waals surface area contributed by atoms with Gasteiger partial charge < -0.3 is 25.4 Å². The maximum atomic E-state index is 13.8. The number of Topliss-reactive ketones (excluding diaryl/α,β-unsaturated/α-hetero) is 1. The molecule has 5 aliphatic rings. The highest BCUT2D eigenvalue weighted by Crippen LogP contribution is 2.70. The number of rotatable bonds is 3. The van der Waals surface area contributed by atoms with E-state index in [9.17, 15) is 19.8 Å². The van der Waals surface area contributed by atoms with Gasteiger partial charge in [0.25, 0.3) is 0 Å². The van der Waals surface area contributed by atoms with Crippen molar-refractivity contribution >= 4 is 17.3 Å². The predicted octanol–water partition coefficient (Wildman–Crippen LogP) is 4.27. The number of carbonyl (C=O) groups is 2. The molecule has 3 saturated carbocycles. The molecule has 0 bridgehead atoms. The predicted molar refractivity (Wildman–Crippen MR) is 160 cm³/mol. The van der Waals surface area contributed by atoms with Crippen LogP contribution in [0.15, 0.2) is 72.3 Å². The smallest absolute Gasteiger partial charge is 0.193 e. The topological polar surface area (TPSA) is 119 Å². The molecule has 0 aromatic heterocycles. The Morgan fingerprint density at radius 3 is 2.60 bits per heavy atom. The van der Waals surface area contributed by atoms with E-state index < -0.39 is 47.3 Å². The van der Waals surface area contributed by atoms with Gasteiger partial charge in [-0.15, -0.1) is 0 Å². The van der Waals surface area contributed by atoms with Gasteiger partial charge in [0.05, 0.1) is 12.2 Å². The number of carbonyl (C=O) groups excluding carboxylic acids is 2. The highest BCUT2D eigenvalue weighted by Gasteiger charge is 2.75. The van der Waals surface area contributed by atoms with E-state index in [4.69, 9.17) is 15.2 Å². The number of ether oxygens (including phenoxy) is 2. The Morgan fingerprint density at radius 2 is 1.86 bits per heavy atom. The van der Waals surface area contributed by atoms with E-state index >= 15 is 0 Å². The van der Waals surface area contributed by atoms with Gasteiger partial charge in [-0.1, -0.05) is 55.5 Å². The van der Waals surface area contributed by atoms with Crippen molar-refractivity contribution in [3.05, 3.63) is 89.0 Å². The van der Waals surface area contributed by atoms with Crippen LogP contribution in [0.4, 0.5) is 5.69 Å². The number of allylic oxidation sites excluding steroid dienone is 4. The lowest BCUT2D eigenvalue weighted by atomic mass is 9.46. The fraction of sp³-hybridized carbons (Fsp3) is 0.444. The van der Waals surface area contributed by atoms with Gasteiger partial charge in [0.2, 0.25) is 0 Å². The summed E-state index contributed by atoms with van der Waals surface area (Å²) in [6, 6.07) is 15.0. The molecule has 0 radical (unpaired) electrons. The molecule has 0 unspecified atom stereocenters. The second kappa shape index (κ2) is 10.0. The zero-order chi connectivity index (χ0) is 30.1. The first-order valence-electron chi connectivity index (χ1n) is 15.2. The van der Waals surface area contributed by atoms with Crippen LogP contribution >= 0.6 is 0 Å². The zero-order valence-corrected chi connectivity index (χ0v) is 24.5. The first kappa shape index (κ1) is 28.2. The van der Waals surface area contributed by atoms with Crippen LogP contribution in [0.25, 0.3) is 0 Å². The van der Waals surface area contributed by atoms with Crippen molar-refractivity contribution in [3.8, 4) is 11.8 Å². The van der Waals surface area contributed by atoms with E-state index in [1.54, 1.807) is 12.2 Å². The first-order valence-corrected chi connectivity index (χ1v) is 15.2. The second-order valence-corrected chi connectivity index (χ2v) is 13.3. The number of fused-ring (bicyclic) bond motifs is 7. The molecule has 43 heavy (non-hydrogen) atoms. The third kappa shape index (κ3) is 4.12. The number of benzene rings is 2. The van der Waals surface area contributed by atoms with E-state index in [2.05, 4.69) is 18.8 Å². The minimum absolute atomic E-state index is 0.00314. The van der Waals surface area contributed by atoms with Gasteiger partial charge in [0.15, 0.2) is 23.5 Å². The molecule has 4 aliphatic carbocycles. The van der Waals surface area contributed by atoms with Crippen molar-refractivity contribution < 1.29 is 29.3 Å². The van der Waals surface area contributed by atoms with Crippen molar-refractivity contribution in [1.29, 1.82) is 0 Å². The quantitative estimate of drug-likeness (QED) is 0.367. The summed E-state index contributed by atoms with van der Waals surface area (Å²) >= 11 is 0. The normalized spacial score (nSPS) is 39.1. The fourth-order valence-corrected chi connectivity index (χ4v) is 9.36. The molecule has 0 spiro atoms. The second-order valence-electron chi connectivity index (χ2n) is 13.3. The summed E-state index contributed by atoms with van der Waals surface area (Å²) in [5.74, 6) is 5.98. The highest BCUT2D eigenvalue weighted by molar-refractivity contribution is 6.01. The summed E-state index contributed by atoms with van der Waals surface area (Å²) in [7, 11) is 0. The number of ketones is 2.